The summed E-state index contributed by atoms with van der Waals surface area (Å²) in [5.41, 5.74) is 1.64. The molecule has 0 N–H and O–H groups in total. The number of ether oxygens (including phenoxy) is 1. The van der Waals surface area contributed by atoms with Crippen molar-refractivity contribution in [1.29, 1.82) is 0 Å². The van der Waals surface area contributed by atoms with E-state index < -0.39 is 16.1 Å². The summed E-state index contributed by atoms with van der Waals surface area (Å²) >= 11 is 0. The summed E-state index contributed by atoms with van der Waals surface area (Å²) < 4.78 is 33.2. The molecule has 1 aliphatic rings. The SMILES string of the molecule is COc1ccc(C)c(S(=O)(=O)N2CCC[C@@H]2C(=O)N(C)Cc2ccccc2)c1. The molecule has 1 atom stereocenters. The Bertz CT molecular complexity index is 944. The fourth-order valence-corrected chi connectivity index (χ4v) is 5.47. The number of hydrogen-bond donors (Lipinski definition) is 0. The van der Waals surface area contributed by atoms with E-state index in [1.54, 1.807) is 31.0 Å². The van der Waals surface area contributed by atoms with Crippen molar-refractivity contribution in [2.75, 3.05) is 20.7 Å². The van der Waals surface area contributed by atoms with E-state index >= 15 is 0 Å². The lowest BCUT2D eigenvalue weighted by Crippen LogP contribution is -2.46. The summed E-state index contributed by atoms with van der Waals surface area (Å²) in [4.78, 5) is 14.8. The van der Waals surface area contributed by atoms with Crippen molar-refractivity contribution < 1.29 is 17.9 Å². The van der Waals surface area contributed by atoms with Crippen LogP contribution in [-0.2, 0) is 21.4 Å². The molecular weight excluding hydrogens is 376 g/mol. The monoisotopic (exact) mass is 402 g/mol. The van der Waals surface area contributed by atoms with Crippen LogP contribution in [0.2, 0.25) is 0 Å². The van der Waals surface area contributed by atoms with Crippen molar-refractivity contribution in [1.82, 2.24) is 9.21 Å². The van der Waals surface area contributed by atoms with Gasteiger partial charge >= 0.3 is 0 Å². The van der Waals surface area contributed by atoms with Crippen molar-refractivity contribution in [2.24, 2.45) is 0 Å². The van der Waals surface area contributed by atoms with Crippen LogP contribution in [-0.4, -0.2) is 50.3 Å². The molecule has 1 aliphatic heterocycles. The zero-order valence-electron chi connectivity index (χ0n) is 16.5. The zero-order valence-corrected chi connectivity index (χ0v) is 17.3. The minimum absolute atomic E-state index is 0.175. The Morgan fingerprint density at radius 1 is 1.21 bits per heavy atom. The Kier molecular flexibility index (Phi) is 6.05. The van der Waals surface area contributed by atoms with Crippen LogP contribution >= 0.6 is 0 Å². The van der Waals surface area contributed by atoms with E-state index in [-0.39, 0.29) is 10.8 Å². The third kappa shape index (κ3) is 4.05. The van der Waals surface area contributed by atoms with Gasteiger partial charge in [-0.25, -0.2) is 8.42 Å². The molecule has 0 unspecified atom stereocenters. The summed E-state index contributed by atoms with van der Waals surface area (Å²) in [6.45, 7) is 2.54. The van der Waals surface area contributed by atoms with Gasteiger partial charge in [-0.3, -0.25) is 4.79 Å². The van der Waals surface area contributed by atoms with Crippen LogP contribution in [0.15, 0.2) is 53.4 Å². The number of aryl methyl sites for hydroxylation is 1. The maximum absolute atomic E-state index is 13.3. The van der Waals surface area contributed by atoms with Gasteiger partial charge in [0, 0.05) is 26.2 Å². The Labute approximate surface area is 166 Å². The predicted molar refractivity (Wildman–Crippen MR) is 108 cm³/mol. The maximum atomic E-state index is 13.3. The molecule has 0 radical (unpaired) electrons. The van der Waals surface area contributed by atoms with Gasteiger partial charge < -0.3 is 9.64 Å². The molecule has 1 saturated heterocycles. The molecule has 0 aromatic heterocycles. The molecule has 28 heavy (non-hydrogen) atoms. The lowest BCUT2D eigenvalue weighted by Gasteiger charge is -2.28. The van der Waals surface area contributed by atoms with Crippen LogP contribution < -0.4 is 4.74 Å². The van der Waals surface area contributed by atoms with Crippen LogP contribution in [0.1, 0.15) is 24.0 Å². The first-order chi connectivity index (χ1) is 13.3. The standard InChI is InChI=1S/C21H26N2O4S/c1-16-11-12-18(27-3)14-20(16)28(25,26)23-13-7-10-19(23)21(24)22(2)15-17-8-5-4-6-9-17/h4-6,8-9,11-12,14,19H,7,10,13,15H2,1-3H3/t19-/m1/s1. The van der Waals surface area contributed by atoms with Gasteiger partial charge in [-0.15, -0.1) is 0 Å². The molecule has 2 aromatic rings. The highest BCUT2D eigenvalue weighted by molar-refractivity contribution is 7.89. The molecule has 150 valence electrons. The van der Waals surface area contributed by atoms with Gasteiger partial charge in [0.15, 0.2) is 0 Å². The predicted octanol–water partition coefficient (Wildman–Crippen LogP) is 2.82. The van der Waals surface area contributed by atoms with E-state index in [9.17, 15) is 13.2 Å². The fraction of sp³-hybridized carbons (Fsp3) is 0.381. The second-order valence-electron chi connectivity index (χ2n) is 7.09. The van der Waals surface area contributed by atoms with Gasteiger partial charge in [-0.1, -0.05) is 36.4 Å². The first-order valence-electron chi connectivity index (χ1n) is 9.30. The third-order valence-electron chi connectivity index (χ3n) is 5.11. The zero-order chi connectivity index (χ0) is 20.3. The normalized spacial score (nSPS) is 17.5. The Morgan fingerprint density at radius 3 is 2.61 bits per heavy atom. The van der Waals surface area contributed by atoms with Crippen molar-refractivity contribution in [3.05, 3.63) is 59.7 Å². The van der Waals surface area contributed by atoms with Gasteiger partial charge in [0.05, 0.1) is 12.0 Å². The molecule has 1 amide bonds. The second-order valence-corrected chi connectivity index (χ2v) is 8.94. The average molecular weight is 403 g/mol. The highest BCUT2D eigenvalue weighted by Gasteiger charge is 2.41. The number of carbonyl (C=O) groups is 1. The third-order valence-corrected chi connectivity index (χ3v) is 7.16. The number of methoxy groups -OCH3 is 1. The Morgan fingerprint density at radius 2 is 1.93 bits per heavy atom. The van der Waals surface area contributed by atoms with E-state index in [1.807, 2.05) is 30.3 Å². The molecule has 0 bridgehead atoms. The van der Waals surface area contributed by atoms with Crippen LogP contribution in [0, 0.1) is 6.92 Å². The smallest absolute Gasteiger partial charge is 0.244 e. The highest BCUT2D eigenvalue weighted by Crippen LogP contribution is 2.31. The van der Waals surface area contributed by atoms with Gasteiger partial charge in [-0.2, -0.15) is 4.31 Å². The Balaban J connectivity index is 1.84. The molecular formula is C21H26N2O4S. The molecule has 1 heterocycles. The van der Waals surface area contributed by atoms with Crippen molar-refractivity contribution >= 4 is 15.9 Å². The van der Waals surface area contributed by atoms with Crippen molar-refractivity contribution in [3.63, 3.8) is 0 Å². The number of rotatable bonds is 6. The lowest BCUT2D eigenvalue weighted by atomic mass is 10.1. The number of likely N-dealkylation sites (N-methyl/N-ethyl adjacent to an activating group) is 1. The summed E-state index contributed by atoms with van der Waals surface area (Å²) in [5, 5.41) is 0. The van der Waals surface area contributed by atoms with Crippen molar-refractivity contribution in [3.8, 4) is 5.75 Å². The van der Waals surface area contributed by atoms with E-state index in [0.29, 0.717) is 37.2 Å². The summed E-state index contributed by atoms with van der Waals surface area (Å²) in [6.07, 6.45) is 1.19. The van der Waals surface area contributed by atoms with Crippen LogP contribution in [0.25, 0.3) is 0 Å². The topological polar surface area (TPSA) is 66.9 Å². The number of carbonyl (C=O) groups excluding carboxylic acids is 1. The Hall–Kier alpha value is -2.38. The molecule has 0 spiro atoms. The number of hydrogen-bond acceptors (Lipinski definition) is 4. The molecule has 2 aromatic carbocycles. The quantitative estimate of drug-likeness (QED) is 0.745. The van der Waals surface area contributed by atoms with Crippen LogP contribution in [0.3, 0.4) is 0 Å². The lowest BCUT2D eigenvalue weighted by molar-refractivity contribution is -0.133. The van der Waals surface area contributed by atoms with Crippen LogP contribution in [0.5, 0.6) is 5.75 Å². The fourth-order valence-electron chi connectivity index (χ4n) is 3.58. The van der Waals surface area contributed by atoms with Crippen molar-refractivity contribution in [2.45, 2.75) is 37.2 Å². The van der Waals surface area contributed by atoms with Gasteiger partial charge in [-0.05, 0) is 37.0 Å². The molecule has 6 nitrogen and oxygen atoms in total. The number of sulfonamides is 1. The molecule has 7 heteroatoms. The number of nitrogens with zero attached hydrogens (tertiary/aromatic N) is 2. The largest absolute Gasteiger partial charge is 0.497 e. The summed E-state index contributed by atoms with van der Waals surface area (Å²) in [6, 6.07) is 14.0. The van der Waals surface area contributed by atoms with E-state index in [1.165, 1.54) is 17.5 Å². The minimum Gasteiger partial charge on any atom is -0.497 e. The van der Waals surface area contributed by atoms with E-state index in [2.05, 4.69) is 0 Å². The molecule has 0 aliphatic carbocycles. The van der Waals surface area contributed by atoms with Gasteiger partial charge in [0.1, 0.15) is 11.8 Å². The summed E-state index contributed by atoms with van der Waals surface area (Å²) in [7, 11) is -0.577. The first-order valence-corrected chi connectivity index (χ1v) is 10.7. The highest BCUT2D eigenvalue weighted by atomic mass is 32.2. The molecule has 0 saturated carbocycles. The van der Waals surface area contributed by atoms with Gasteiger partial charge in [0.2, 0.25) is 15.9 Å². The van der Waals surface area contributed by atoms with E-state index in [4.69, 9.17) is 4.74 Å². The minimum atomic E-state index is -3.80. The molecule has 1 fully saturated rings. The maximum Gasteiger partial charge on any atom is 0.244 e. The van der Waals surface area contributed by atoms with Gasteiger partial charge in [0.25, 0.3) is 0 Å². The first kappa shape index (κ1) is 20.4. The number of amides is 1. The summed E-state index contributed by atoms with van der Waals surface area (Å²) in [5.74, 6) is 0.304. The average Bonchev–Trinajstić information content (AvgIpc) is 3.19. The van der Waals surface area contributed by atoms with Crippen LogP contribution in [0.4, 0.5) is 0 Å². The molecule has 3 rings (SSSR count). The number of benzene rings is 2. The second kappa shape index (κ2) is 8.32. The van der Waals surface area contributed by atoms with E-state index in [0.717, 1.165) is 5.56 Å².